The Balaban J connectivity index is 1.82. The number of Topliss-reactive ketones (excluding diaryl/α,β-unsaturated/α-hetero) is 2. The molecular weight excluding hydrogens is 432 g/mol. The zero-order valence-electron chi connectivity index (χ0n) is 14.8. The van der Waals surface area contributed by atoms with Crippen LogP contribution in [0.25, 0.3) is 10.9 Å². The van der Waals surface area contributed by atoms with Gasteiger partial charge in [0.05, 0.1) is 16.8 Å². The third-order valence-electron chi connectivity index (χ3n) is 4.32. The largest absolute Gasteiger partial charge is 0.294 e. The fourth-order valence-corrected chi connectivity index (χ4v) is 5.12. The number of fused-ring (bicyclic) bond motifs is 1. The molecule has 4 aromatic rings. The minimum Gasteiger partial charge on any atom is -0.294 e. The van der Waals surface area contributed by atoms with Crippen LogP contribution < -0.4 is 0 Å². The summed E-state index contributed by atoms with van der Waals surface area (Å²) >= 11 is 7.22. The van der Waals surface area contributed by atoms with E-state index in [2.05, 4.69) is 4.98 Å². The lowest BCUT2D eigenvalue weighted by atomic mass is 10.1. The number of hydrogen-bond acceptors (Lipinski definition) is 6. The summed E-state index contributed by atoms with van der Waals surface area (Å²) < 4.78 is 27.3. The van der Waals surface area contributed by atoms with Gasteiger partial charge in [0, 0.05) is 33.7 Å². The van der Waals surface area contributed by atoms with Crippen LogP contribution in [0.5, 0.6) is 0 Å². The molecule has 0 fully saturated rings. The van der Waals surface area contributed by atoms with Gasteiger partial charge in [0.15, 0.2) is 16.6 Å². The van der Waals surface area contributed by atoms with E-state index in [1.807, 2.05) is 0 Å². The van der Waals surface area contributed by atoms with Gasteiger partial charge >= 0.3 is 0 Å². The lowest BCUT2D eigenvalue weighted by Crippen LogP contribution is -2.12. The van der Waals surface area contributed by atoms with Gasteiger partial charge in [0.1, 0.15) is 0 Å². The molecule has 0 spiro atoms. The van der Waals surface area contributed by atoms with Crippen molar-refractivity contribution in [1.29, 1.82) is 0 Å². The first-order valence-corrected chi connectivity index (χ1v) is 11.1. The van der Waals surface area contributed by atoms with Gasteiger partial charge in [-0.15, -0.1) is 11.3 Å². The zero-order valence-corrected chi connectivity index (χ0v) is 17.2. The molecule has 0 saturated heterocycles. The molecular formula is C20H13ClN2O4S2. The molecule has 29 heavy (non-hydrogen) atoms. The van der Waals surface area contributed by atoms with E-state index in [1.165, 1.54) is 36.7 Å². The maximum absolute atomic E-state index is 13.1. The van der Waals surface area contributed by atoms with Crippen molar-refractivity contribution < 1.29 is 18.0 Å². The topological polar surface area (TPSA) is 86.1 Å². The SMILES string of the molecule is O=C(CC(=O)c1cn(S(=O)(=O)c2ccccc2)c2ccc(Cl)cc12)c1nccs1. The number of aromatic nitrogens is 2. The standard InChI is InChI=1S/C20H13ClN2O4S2/c21-13-6-7-17-15(10-13)16(18(24)11-19(25)20-22-8-9-28-20)12-23(17)29(26,27)14-4-2-1-3-5-14/h1-10,12H,11H2. The number of hydrogen-bond donors (Lipinski definition) is 0. The van der Waals surface area contributed by atoms with Gasteiger partial charge in [-0.05, 0) is 30.3 Å². The lowest BCUT2D eigenvalue weighted by molar-refractivity contribution is 0.0895. The number of ketones is 2. The van der Waals surface area contributed by atoms with Crippen LogP contribution in [0.4, 0.5) is 0 Å². The van der Waals surface area contributed by atoms with E-state index in [-0.39, 0.29) is 15.5 Å². The second-order valence-electron chi connectivity index (χ2n) is 6.18. The molecule has 0 bridgehead atoms. The first-order chi connectivity index (χ1) is 13.9. The van der Waals surface area contributed by atoms with Crippen molar-refractivity contribution in [1.82, 2.24) is 8.96 Å². The number of rotatable bonds is 6. The third kappa shape index (κ3) is 3.62. The van der Waals surface area contributed by atoms with Gasteiger partial charge in [0.2, 0.25) is 0 Å². The number of halogens is 1. The molecule has 0 aliphatic heterocycles. The van der Waals surface area contributed by atoms with Crippen LogP contribution >= 0.6 is 22.9 Å². The van der Waals surface area contributed by atoms with Gasteiger partial charge < -0.3 is 0 Å². The van der Waals surface area contributed by atoms with E-state index in [9.17, 15) is 18.0 Å². The number of nitrogens with zero attached hydrogens (tertiary/aromatic N) is 2. The Kier molecular flexibility index (Phi) is 5.08. The minimum absolute atomic E-state index is 0.0877. The normalized spacial score (nSPS) is 11.6. The van der Waals surface area contributed by atoms with E-state index in [1.54, 1.807) is 29.6 Å². The number of carbonyl (C=O) groups is 2. The van der Waals surface area contributed by atoms with Gasteiger partial charge in [-0.25, -0.2) is 17.4 Å². The summed E-state index contributed by atoms with van der Waals surface area (Å²) in [7, 11) is -3.94. The molecule has 0 aliphatic rings. The summed E-state index contributed by atoms with van der Waals surface area (Å²) in [6.45, 7) is 0. The van der Waals surface area contributed by atoms with Crippen LogP contribution in [-0.2, 0) is 10.0 Å². The molecule has 2 aromatic heterocycles. The van der Waals surface area contributed by atoms with E-state index in [0.29, 0.717) is 15.9 Å². The molecule has 146 valence electrons. The van der Waals surface area contributed by atoms with Crippen molar-refractivity contribution in [3.8, 4) is 0 Å². The maximum atomic E-state index is 13.1. The molecule has 0 saturated carbocycles. The van der Waals surface area contributed by atoms with Crippen molar-refractivity contribution in [3.05, 3.63) is 81.9 Å². The summed E-state index contributed by atoms with van der Waals surface area (Å²) in [4.78, 5) is 29.2. The molecule has 0 amide bonds. The summed E-state index contributed by atoms with van der Waals surface area (Å²) in [5.74, 6) is -0.918. The van der Waals surface area contributed by atoms with E-state index >= 15 is 0 Å². The monoisotopic (exact) mass is 444 g/mol. The van der Waals surface area contributed by atoms with Crippen LogP contribution in [0.3, 0.4) is 0 Å². The van der Waals surface area contributed by atoms with Crippen molar-refractivity contribution in [3.63, 3.8) is 0 Å². The Bertz CT molecular complexity index is 1330. The van der Waals surface area contributed by atoms with Crippen molar-refractivity contribution >= 4 is 55.4 Å². The highest BCUT2D eigenvalue weighted by Gasteiger charge is 2.25. The van der Waals surface area contributed by atoms with Crippen LogP contribution in [-0.4, -0.2) is 28.9 Å². The van der Waals surface area contributed by atoms with Gasteiger partial charge in [0.25, 0.3) is 10.0 Å². The van der Waals surface area contributed by atoms with Crippen molar-refractivity contribution in [2.75, 3.05) is 0 Å². The molecule has 2 aromatic carbocycles. The Morgan fingerprint density at radius 2 is 1.83 bits per heavy atom. The van der Waals surface area contributed by atoms with Gasteiger partial charge in [-0.3, -0.25) is 9.59 Å². The zero-order chi connectivity index (χ0) is 20.6. The highest BCUT2D eigenvalue weighted by atomic mass is 35.5. The predicted molar refractivity (Wildman–Crippen MR) is 111 cm³/mol. The van der Waals surface area contributed by atoms with Crippen molar-refractivity contribution in [2.24, 2.45) is 0 Å². The minimum atomic E-state index is -3.94. The molecule has 0 N–H and O–H groups in total. The van der Waals surface area contributed by atoms with E-state index in [4.69, 9.17) is 11.6 Å². The molecule has 4 rings (SSSR count). The summed E-state index contributed by atoms with van der Waals surface area (Å²) in [5, 5.41) is 2.61. The lowest BCUT2D eigenvalue weighted by Gasteiger charge is -2.07. The second-order valence-corrected chi connectivity index (χ2v) is 9.32. The molecule has 0 unspecified atom stereocenters. The average molecular weight is 445 g/mol. The second kappa shape index (κ2) is 7.55. The number of carbonyl (C=O) groups excluding carboxylic acids is 2. The molecule has 2 heterocycles. The fourth-order valence-electron chi connectivity index (χ4n) is 2.98. The van der Waals surface area contributed by atoms with Gasteiger partial charge in [-0.2, -0.15) is 0 Å². The average Bonchev–Trinajstić information content (AvgIpc) is 3.37. The van der Waals surface area contributed by atoms with Crippen LogP contribution in [0, 0.1) is 0 Å². The maximum Gasteiger partial charge on any atom is 0.268 e. The first-order valence-electron chi connectivity index (χ1n) is 8.45. The fraction of sp³-hybridized carbons (Fsp3) is 0.0500. The highest BCUT2D eigenvalue weighted by Crippen LogP contribution is 2.29. The summed E-state index contributed by atoms with van der Waals surface area (Å²) in [5.41, 5.74) is 0.426. The predicted octanol–water partition coefficient (Wildman–Crippen LogP) is 4.44. The third-order valence-corrected chi connectivity index (χ3v) is 7.06. The molecule has 0 aliphatic carbocycles. The Hall–Kier alpha value is -2.81. The van der Waals surface area contributed by atoms with E-state index < -0.39 is 28.0 Å². The smallest absolute Gasteiger partial charge is 0.268 e. The van der Waals surface area contributed by atoms with Gasteiger partial charge in [-0.1, -0.05) is 29.8 Å². The van der Waals surface area contributed by atoms with Crippen LogP contribution in [0.15, 0.2) is 71.2 Å². The molecule has 9 heteroatoms. The summed E-state index contributed by atoms with van der Waals surface area (Å²) in [6, 6.07) is 12.5. The Labute approximate surface area is 175 Å². The van der Waals surface area contributed by atoms with Crippen LogP contribution in [0.2, 0.25) is 5.02 Å². The Morgan fingerprint density at radius 3 is 2.52 bits per heavy atom. The molecule has 0 atom stereocenters. The number of thiazole rings is 1. The highest BCUT2D eigenvalue weighted by molar-refractivity contribution is 7.90. The number of benzene rings is 2. The van der Waals surface area contributed by atoms with Crippen molar-refractivity contribution in [2.45, 2.75) is 11.3 Å². The first kappa shape index (κ1) is 19.5. The molecule has 0 radical (unpaired) electrons. The quantitative estimate of drug-likeness (QED) is 0.324. The van der Waals surface area contributed by atoms with Crippen LogP contribution in [0.1, 0.15) is 26.6 Å². The van der Waals surface area contributed by atoms with E-state index in [0.717, 1.165) is 15.3 Å². The Morgan fingerprint density at radius 1 is 1.07 bits per heavy atom. The molecule has 6 nitrogen and oxygen atoms in total. The summed E-state index contributed by atoms with van der Waals surface area (Å²) in [6.07, 6.45) is 2.33.